The summed E-state index contributed by atoms with van der Waals surface area (Å²) >= 11 is 0. The van der Waals surface area contributed by atoms with Crippen molar-refractivity contribution < 1.29 is 4.79 Å². The Labute approximate surface area is 179 Å². The number of fused-ring (bicyclic) bond motifs is 7. The molecule has 2 saturated carbocycles. The van der Waals surface area contributed by atoms with Crippen LogP contribution in [-0.4, -0.2) is 23.9 Å². The van der Waals surface area contributed by atoms with E-state index in [-0.39, 0.29) is 5.91 Å². The van der Waals surface area contributed by atoms with E-state index < -0.39 is 0 Å². The summed E-state index contributed by atoms with van der Waals surface area (Å²) < 4.78 is 0. The maximum absolute atomic E-state index is 13.2. The second-order valence-electron chi connectivity index (χ2n) is 10.2. The van der Waals surface area contributed by atoms with Crippen LogP contribution in [0.2, 0.25) is 0 Å². The normalized spacial score (nSPS) is 32.4. The molecule has 1 N–H and O–H groups in total. The monoisotopic (exact) mass is 400 g/mol. The molecular weight excluding hydrogens is 368 g/mol. The fourth-order valence-corrected chi connectivity index (χ4v) is 7.00. The van der Waals surface area contributed by atoms with Gasteiger partial charge in [0.1, 0.15) is 0 Å². The van der Waals surface area contributed by atoms with Crippen LogP contribution < -0.4 is 5.32 Å². The highest BCUT2D eigenvalue weighted by atomic mass is 16.2. The Balaban J connectivity index is 1.35. The van der Waals surface area contributed by atoms with Crippen LogP contribution >= 0.6 is 0 Å². The topological polar surface area (TPSA) is 32.3 Å². The molecule has 30 heavy (non-hydrogen) atoms. The van der Waals surface area contributed by atoms with Crippen LogP contribution in [0.3, 0.4) is 0 Å². The van der Waals surface area contributed by atoms with Gasteiger partial charge < -0.3 is 10.2 Å². The molecule has 1 saturated heterocycles. The third-order valence-corrected chi connectivity index (χ3v) is 8.56. The zero-order valence-electron chi connectivity index (χ0n) is 17.9. The second kappa shape index (κ2) is 7.14. The van der Waals surface area contributed by atoms with Crippen molar-refractivity contribution in [3.05, 3.63) is 65.2 Å². The van der Waals surface area contributed by atoms with Gasteiger partial charge in [-0.25, -0.2) is 0 Å². The van der Waals surface area contributed by atoms with Crippen molar-refractivity contribution in [2.75, 3.05) is 18.4 Å². The average Bonchev–Trinajstić information content (AvgIpc) is 3.42. The molecule has 2 aliphatic carbocycles. The van der Waals surface area contributed by atoms with Crippen molar-refractivity contribution in [2.45, 2.75) is 51.0 Å². The van der Waals surface area contributed by atoms with Crippen molar-refractivity contribution in [3.63, 3.8) is 0 Å². The molecule has 2 aliphatic heterocycles. The largest absolute Gasteiger partial charge is 0.378 e. The van der Waals surface area contributed by atoms with Gasteiger partial charge in [0.2, 0.25) is 0 Å². The predicted octanol–water partition coefficient (Wildman–Crippen LogP) is 5.86. The minimum atomic E-state index is 0.231. The highest BCUT2D eigenvalue weighted by Gasteiger charge is 2.53. The highest BCUT2D eigenvalue weighted by Crippen LogP contribution is 2.63. The zero-order chi connectivity index (χ0) is 20.2. The molecule has 2 bridgehead atoms. The number of nitrogens with one attached hydrogen (secondary N) is 1. The number of hydrogen-bond acceptors (Lipinski definition) is 2. The number of nitrogens with zero attached hydrogens (tertiary/aromatic N) is 1. The lowest BCUT2D eigenvalue weighted by Gasteiger charge is -2.43. The van der Waals surface area contributed by atoms with Gasteiger partial charge in [0, 0.05) is 24.3 Å². The van der Waals surface area contributed by atoms with E-state index in [4.69, 9.17) is 0 Å². The Hall–Kier alpha value is -2.29. The molecule has 4 aliphatic rings. The fraction of sp³-hybridized carbons (Fsp3) is 0.519. The molecule has 2 heterocycles. The number of likely N-dealkylation sites (tertiary alicyclic amines) is 1. The molecule has 0 aromatic heterocycles. The molecular formula is C27H32N2O. The number of hydrogen-bond donors (Lipinski definition) is 1. The lowest BCUT2D eigenvalue weighted by molar-refractivity contribution is 0.0697. The number of piperidine rings is 1. The summed E-state index contributed by atoms with van der Waals surface area (Å²) in [5.41, 5.74) is 4.97. The van der Waals surface area contributed by atoms with E-state index in [0.29, 0.717) is 17.9 Å². The van der Waals surface area contributed by atoms with Crippen LogP contribution in [0.1, 0.15) is 72.5 Å². The van der Waals surface area contributed by atoms with Gasteiger partial charge in [-0.1, -0.05) is 37.3 Å². The Bertz CT molecular complexity index is 947. The summed E-state index contributed by atoms with van der Waals surface area (Å²) in [6.45, 7) is 4.11. The molecule has 3 fully saturated rings. The molecule has 2 aromatic carbocycles. The Morgan fingerprint density at radius 1 is 0.967 bits per heavy atom. The molecule has 0 unspecified atom stereocenters. The van der Waals surface area contributed by atoms with Crippen molar-refractivity contribution in [2.24, 2.45) is 23.7 Å². The molecule has 0 radical (unpaired) electrons. The number of amides is 1. The van der Waals surface area contributed by atoms with Gasteiger partial charge in [-0.2, -0.15) is 0 Å². The van der Waals surface area contributed by atoms with Gasteiger partial charge in [0.15, 0.2) is 0 Å². The van der Waals surface area contributed by atoms with E-state index in [0.717, 1.165) is 49.2 Å². The highest BCUT2D eigenvalue weighted by molar-refractivity contribution is 5.95. The second-order valence-corrected chi connectivity index (χ2v) is 10.2. The van der Waals surface area contributed by atoms with Crippen molar-refractivity contribution in [3.8, 4) is 0 Å². The van der Waals surface area contributed by atoms with E-state index in [1.54, 1.807) is 0 Å². The molecule has 3 nitrogen and oxygen atoms in total. The summed E-state index contributed by atoms with van der Waals surface area (Å²) in [6.07, 6.45) is 6.35. The Kier molecular flexibility index (Phi) is 4.40. The van der Waals surface area contributed by atoms with Crippen LogP contribution in [0.25, 0.3) is 0 Å². The van der Waals surface area contributed by atoms with Gasteiger partial charge in [-0.15, -0.1) is 0 Å². The molecule has 156 valence electrons. The molecule has 6 rings (SSSR count). The molecule has 2 aromatic rings. The lowest BCUT2D eigenvalue weighted by atomic mass is 9.68. The molecule has 0 spiro atoms. The maximum atomic E-state index is 13.2. The van der Waals surface area contributed by atoms with Gasteiger partial charge in [0.25, 0.3) is 5.91 Å². The average molecular weight is 401 g/mol. The van der Waals surface area contributed by atoms with Gasteiger partial charge in [-0.05, 0) is 91.0 Å². The first-order valence-electron chi connectivity index (χ1n) is 11.9. The van der Waals surface area contributed by atoms with E-state index >= 15 is 0 Å². The molecule has 5 atom stereocenters. The number of rotatable bonds is 2. The van der Waals surface area contributed by atoms with E-state index in [9.17, 15) is 4.79 Å². The van der Waals surface area contributed by atoms with Crippen LogP contribution in [-0.2, 0) is 0 Å². The number of anilines is 1. The number of carbonyl (C=O) groups excluding carboxylic acids is 1. The van der Waals surface area contributed by atoms with Crippen LogP contribution in [0.4, 0.5) is 5.69 Å². The first-order valence-corrected chi connectivity index (χ1v) is 11.9. The predicted molar refractivity (Wildman–Crippen MR) is 121 cm³/mol. The summed E-state index contributed by atoms with van der Waals surface area (Å²) in [4.78, 5) is 15.3. The summed E-state index contributed by atoms with van der Waals surface area (Å²) in [5.74, 6) is 3.82. The molecule has 1 amide bonds. The molecule has 3 heteroatoms. The number of carbonyl (C=O) groups is 1. The SMILES string of the molecule is CC1CCN(C(=O)c2ccc3c(c2)[C@@H]2[C@H]4CC[C@@H](C4)[C@H]2[C@H](c2ccccc2)N3)CC1. The first kappa shape index (κ1) is 18.5. The van der Waals surface area contributed by atoms with Crippen LogP contribution in [0.5, 0.6) is 0 Å². The van der Waals surface area contributed by atoms with Crippen molar-refractivity contribution in [1.82, 2.24) is 4.90 Å². The maximum Gasteiger partial charge on any atom is 0.253 e. The van der Waals surface area contributed by atoms with Crippen molar-refractivity contribution >= 4 is 11.6 Å². The third-order valence-electron chi connectivity index (χ3n) is 8.56. The quantitative estimate of drug-likeness (QED) is 0.685. The summed E-state index contributed by atoms with van der Waals surface area (Å²) in [5, 5.41) is 3.90. The third kappa shape index (κ3) is 2.89. The summed E-state index contributed by atoms with van der Waals surface area (Å²) in [6, 6.07) is 17.9. The van der Waals surface area contributed by atoms with Crippen LogP contribution in [0, 0.1) is 23.7 Å². The Morgan fingerprint density at radius 3 is 2.53 bits per heavy atom. The lowest BCUT2D eigenvalue weighted by Crippen LogP contribution is -2.38. The van der Waals surface area contributed by atoms with Gasteiger partial charge >= 0.3 is 0 Å². The smallest absolute Gasteiger partial charge is 0.253 e. The minimum Gasteiger partial charge on any atom is -0.378 e. The zero-order valence-corrected chi connectivity index (χ0v) is 17.9. The van der Waals surface area contributed by atoms with Gasteiger partial charge in [-0.3, -0.25) is 4.79 Å². The Morgan fingerprint density at radius 2 is 1.73 bits per heavy atom. The minimum absolute atomic E-state index is 0.231. The van der Waals surface area contributed by atoms with Crippen molar-refractivity contribution in [1.29, 1.82) is 0 Å². The standard InChI is InChI=1S/C27H32N2O/c1-17-11-13-29(14-12-17)27(30)21-9-10-23-22(16-21)24-19-7-8-20(15-19)25(24)26(28-23)18-5-3-2-4-6-18/h2-6,9-10,16-17,19-20,24-26,28H,7-8,11-15H2,1H3/t19-,20-,24-,25+,26-/m0/s1. The number of benzene rings is 2. The summed E-state index contributed by atoms with van der Waals surface area (Å²) in [7, 11) is 0. The van der Waals surface area contributed by atoms with E-state index in [1.807, 2.05) is 0 Å². The van der Waals surface area contributed by atoms with Gasteiger partial charge in [0.05, 0.1) is 6.04 Å². The van der Waals surface area contributed by atoms with E-state index in [2.05, 4.69) is 65.7 Å². The fourth-order valence-electron chi connectivity index (χ4n) is 7.00. The van der Waals surface area contributed by atoms with E-state index in [1.165, 1.54) is 36.1 Å². The first-order chi connectivity index (χ1) is 14.7. The van der Waals surface area contributed by atoms with Crippen LogP contribution in [0.15, 0.2) is 48.5 Å².